The fourth-order valence-corrected chi connectivity index (χ4v) is 1.14. The number of fused-ring (bicyclic) bond motifs is 1. The van der Waals surface area contributed by atoms with Gasteiger partial charge in [-0.05, 0) is 18.6 Å². The molecule has 0 saturated carbocycles. The fraction of sp³-hybridized carbons (Fsp3) is 0. The minimum Gasteiger partial charge on any atom is -0.255 e. The molecule has 0 aliphatic carbocycles. The Bertz CT molecular complexity index is 452. The Morgan fingerprint density at radius 3 is 2.92 bits per heavy atom. The zero-order valence-electron chi connectivity index (χ0n) is 6.41. The molecule has 1 nitrogen and oxygen atoms in total. The van der Waals surface area contributed by atoms with Crippen LogP contribution in [0.25, 0.3) is 10.9 Å². The first kappa shape index (κ1) is 6.87. The molecule has 0 saturated heterocycles. The number of aromatic nitrogens is 1. The van der Waals surface area contributed by atoms with Gasteiger partial charge in [-0.25, -0.2) is 0 Å². The first-order valence-electron chi connectivity index (χ1n) is 3.68. The summed E-state index contributed by atoms with van der Waals surface area (Å²) >= 11 is 0. The first-order valence-corrected chi connectivity index (χ1v) is 3.68. The van der Waals surface area contributed by atoms with Crippen molar-refractivity contribution in [1.82, 2.24) is 4.98 Å². The zero-order valence-corrected chi connectivity index (χ0v) is 6.41. The van der Waals surface area contributed by atoms with Crippen molar-refractivity contribution in [3.8, 4) is 5.92 Å². The third-order valence-electron chi connectivity index (χ3n) is 1.73. The van der Waals surface area contributed by atoms with Crippen LogP contribution in [-0.4, -0.2) is 4.98 Å². The maximum absolute atomic E-state index is 6.93. The second-order valence-corrected chi connectivity index (χ2v) is 2.54. The van der Waals surface area contributed by atoms with Crippen molar-refractivity contribution in [3.63, 3.8) is 0 Å². The van der Waals surface area contributed by atoms with Gasteiger partial charge in [0.25, 0.3) is 0 Å². The van der Waals surface area contributed by atoms with E-state index in [1.807, 2.05) is 30.3 Å². The highest BCUT2D eigenvalue weighted by Gasteiger charge is 1.92. The standard InChI is InChI=1S/C11H6N/c1-2-9-7-10-5-3-4-6-11(10)12-8-9/h3-8H. The summed E-state index contributed by atoms with van der Waals surface area (Å²) in [4.78, 5) is 4.17. The van der Waals surface area contributed by atoms with E-state index in [2.05, 4.69) is 10.9 Å². The van der Waals surface area contributed by atoms with E-state index in [1.54, 1.807) is 6.20 Å². The lowest BCUT2D eigenvalue weighted by Crippen LogP contribution is -1.80. The van der Waals surface area contributed by atoms with Gasteiger partial charge in [-0.2, -0.15) is 0 Å². The lowest BCUT2D eigenvalue weighted by molar-refractivity contribution is 1.39. The van der Waals surface area contributed by atoms with Gasteiger partial charge in [0, 0.05) is 17.1 Å². The van der Waals surface area contributed by atoms with Gasteiger partial charge < -0.3 is 0 Å². The van der Waals surface area contributed by atoms with Gasteiger partial charge in [-0.1, -0.05) is 24.1 Å². The molecule has 0 fully saturated rings. The highest BCUT2D eigenvalue weighted by molar-refractivity contribution is 5.79. The van der Waals surface area contributed by atoms with Crippen molar-refractivity contribution in [3.05, 3.63) is 48.5 Å². The maximum Gasteiger partial charge on any atom is 0.0702 e. The van der Waals surface area contributed by atoms with E-state index < -0.39 is 0 Å². The molecule has 2 rings (SSSR count). The molecule has 12 heavy (non-hydrogen) atoms. The van der Waals surface area contributed by atoms with Crippen LogP contribution in [0.5, 0.6) is 0 Å². The molecule has 0 spiro atoms. The number of pyridine rings is 1. The van der Waals surface area contributed by atoms with E-state index in [9.17, 15) is 0 Å². The van der Waals surface area contributed by atoms with E-state index in [0.717, 1.165) is 10.9 Å². The van der Waals surface area contributed by atoms with Gasteiger partial charge in [0.05, 0.1) is 5.52 Å². The number of hydrogen-bond donors (Lipinski definition) is 0. The van der Waals surface area contributed by atoms with Crippen LogP contribution in [0, 0.1) is 12.3 Å². The fourth-order valence-electron chi connectivity index (χ4n) is 1.14. The van der Waals surface area contributed by atoms with Crippen molar-refractivity contribution in [1.29, 1.82) is 0 Å². The Morgan fingerprint density at radius 2 is 2.08 bits per heavy atom. The van der Waals surface area contributed by atoms with E-state index in [1.165, 1.54) is 0 Å². The SMILES string of the molecule is [C]#Cc1cnc2ccccc2c1. The van der Waals surface area contributed by atoms with E-state index in [0.29, 0.717) is 5.56 Å². The summed E-state index contributed by atoms with van der Waals surface area (Å²) in [6, 6.07) is 9.72. The van der Waals surface area contributed by atoms with Gasteiger partial charge in [-0.15, -0.1) is 0 Å². The van der Waals surface area contributed by atoms with Crippen molar-refractivity contribution in [2.24, 2.45) is 0 Å². The molecule has 0 bridgehead atoms. The molecule has 1 heteroatoms. The summed E-state index contributed by atoms with van der Waals surface area (Å²) in [5, 5.41) is 1.05. The summed E-state index contributed by atoms with van der Waals surface area (Å²) in [5.74, 6) is 2.31. The third kappa shape index (κ3) is 1.04. The number of para-hydroxylation sites is 1. The lowest BCUT2D eigenvalue weighted by atomic mass is 10.2. The third-order valence-corrected chi connectivity index (χ3v) is 1.73. The molecule has 1 radical (unpaired) electrons. The summed E-state index contributed by atoms with van der Waals surface area (Å²) in [5.41, 5.74) is 1.67. The monoisotopic (exact) mass is 152 g/mol. The van der Waals surface area contributed by atoms with Crippen molar-refractivity contribution in [2.45, 2.75) is 0 Å². The average Bonchev–Trinajstić information content (AvgIpc) is 2.17. The van der Waals surface area contributed by atoms with Crippen LogP contribution >= 0.6 is 0 Å². The molecule has 0 N–H and O–H groups in total. The molecule has 0 aliphatic heterocycles. The normalized spacial score (nSPS) is 9.58. The Kier molecular flexibility index (Phi) is 1.53. The van der Waals surface area contributed by atoms with Crippen LogP contribution < -0.4 is 0 Å². The average molecular weight is 152 g/mol. The van der Waals surface area contributed by atoms with Gasteiger partial charge >= 0.3 is 0 Å². The molecule has 0 atom stereocenters. The van der Waals surface area contributed by atoms with Gasteiger partial charge in [0.2, 0.25) is 0 Å². The van der Waals surface area contributed by atoms with Crippen molar-refractivity contribution < 1.29 is 0 Å². The van der Waals surface area contributed by atoms with Crippen LogP contribution in [0.1, 0.15) is 5.56 Å². The van der Waals surface area contributed by atoms with Crippen LogP contribution in [0.2, 0.25) is 0 Å². The highest BCUT2D eigenvalue weighted by Crippen LogP contribution is 2.11. The maximum atomic E-state index is 6.93. The number of hydrogen-bond acceptors (Lipinski definition) is 1. The molecule has 55 valence electrons. The zero-order chi connectivity index (χ0) is 8.39. The Hall–Kier alpha value is -1.81. The first-order chi connectivity index (χ1) is 5.90. The van der Waals surface area contributed by atoms with Crippen LogP contribution in [-0.2, 0) is 0 Å². The quantitative estimate of drug-likeness (QED) is 0.527. The molecular weight excluding hydrogens is 146 g/mol. The van der Waals surface area contributed by atoms with Gasteiger partial charge in [-0.3, -0.25) is 4.98 Å². The van der Waals surface area contributed by atoms with Crippen LogP contribution in [0.15, 0.2) is 36.5 Å². The molecule has 0 amide bonds. The molecule has 2 aromatic rings. The topological polar surface area (TPSA) is 12.9 Å². The summed E-state index contributed by atoms with van der Waals surface area (Å²) in [7, 11) is 0. The van der Waals surface area contributed by atoms with E-state index in [-0.39, 0.29) is 0 Å². The minimum atomic E-state index is 0.716. The number of benzene rings is 1. The summed E-state index contributed by atoms with van der Waals surface area (Å²) < 4.78 is 0. The number of rotatable bonds is 0. The van der Waals surface area contributed by atoms with Gasteiger partial charge in [0.15, 0.2) is 0 Å². The molecule has 0 aliphatic rings. The minimum absolute atomic E-state index is 0.716. The second kappa shape index (κ2) is 2.67. The van der Waals surface area contributed by atoms with Crippen LogP contribution in [0.4, 0.5) is 0 Å². The molecule has 1 aromatic heterocycles. The largest absolute Gasteiger partial charge is 0.255 e. The molecular formula is C11H6N. The van der Waals surface area contributed by atoms with E-state index in [4.69, 9.17) is 6.42 Å². The highest BCUT2D eigenvalue weighted by atomic mass is 14.6. The summed E-state index contributed by atoms with van der Waals surface area (Å²) in [6.45, 7) is 0. The predicted octanol–water partition coefficient (Wildman–Crippen LogP) is 2.17. The molecule has 1 heterocycles. The Labute approximate surface area is 71.1 Å². The van der Waals surface area contributed by atoms with Crippen molar-refractivity contribution in [2.75, 3.05) is 0 Å². The van der Waals surface area contributed by atoms with E-state index >= 15 is 0 Å². The molecule has 0 unspecified atom stereocenters. The number of nitrogens with zero attached hydrogens (tertiary/aromatic N) is 1. The Morgan fingerprint density at radius 1 is 1.25 bits per heavy atom. The van der Waals surface area contributed by atoms with Crippen molar-refractivity contribution >= 4 is 10.9 Å². The van der Waals surface area contributed by atoms with Crippen LogP contribution in [0.3, 0.4) is 0 Å². The molecule has 1 aromatic carbocycles. The van der Waals surface area contributed by atoms with Gasteiger partial charge in [0.1, 0.15) is 0 Å². The lowest BCUT2D eigenvalue weighted by Gasteiger charge is -1.95. The Balaban J connectivity index is 2.78. The smallest absolute Gasteiger partial charge is 0.0702 e. The predicted molar refractivity (Wildman–Crippen MR) is 48.0 cm³/mol. The summed E-state index contributed by atoms with van der Waals surface area (Å²) in [6.07, 6.45) is 8.58. The second-order valence-electron chi connectivity index (χ2n) is 2.54.